The van der Waals surface area contributed by atoms with Crippen molar-refractivity contribution in [3.63, 3.8) is 0 Å². The summed E-state index contributed by atoms with van der Waals surface area (Å²) in [6.45, 7) is 11.5. The zero-order valence-electron chi connectivity index (χ0n) is 41.8. The molecule has 16 heteroatoms. The van der Waals surface area contributed by atoms with E-state index < -0.39 is 71.8 Å². The van der Waals surface area contributed by atoms with E-state index in [1.807, 2.05) is 50.3 Å². The number of carbonyl (C=O) groups excluding carboxylic acids is 4. The summed E-state index contributed by atoms with van der Waals surface area (Å²) >= 11 is 0. The molecule has 3 rings (SSSR count). The molecule has 0 aromatic heterocycles. The Labute approximate surface area is 403 Å². The van der Waals surface area contributed by atoms with Crippen molar-refractivity contribution >= 4 is 29.2 Å². The molecule has 68 heavy (non-hydrogen) atoms. The van der Waals surface area contributed by atoms with Crippen LogP contribution >= 0.6 is 0 Å². The first-order chi connectivity index (χ1) is 32.2. The van der Waals surface area contributed by atoms with E-state index in [1.165, 1.54) is 14.2 Å². The molecule has 0 radical (unpaired) electrons. The summed E-state index contributed by atoms with van der Waals surface area (Å²) in [6.07, 6.45) is 15.0. The van der Waals surface area contributed by atoms with Gasteiger partial charge in [-0.3, -0.25) is 19.2 Å². The van der Waals surface area contributed by atoms with Crippen molar-refractivity contribution in [1.29, 1.82) is 0 Å². The second-order valence-corrected chi connectivity index (χ2v) is 19.2. The molecule has 1 amide bonds. The molecule has 0 aromatic carbocycles. The molecule has 1 saturated carbocycles. The molecule has 2 aliphatic heterocycles. The van der Waals surface area contributed by atoms with Gasteiger partial charge in [-0.1, -0.05) is 70.2 Å². The van der Waals surface area contributed by atoms with Crippen LogP contribution in [0.1, 0.15) is 112 Å². The molecule has 5 N–H and O–H groups in total. The smallest absolute Gasteiger partial charge is 0.326 e. The Hall–Kier alpha value is -3.71. The van der Waals surface area contributed by atoms with Gasteiger partial charge in [-0.25, -0.2) is 4.79 Å². The van der Waals surface area contributed by atoms with Crippen LogP contribution in [0.3, 0.4) is 0 Å². The van der Waals surface area contributed by atoms with E-state index in [2.05, 4.69) is 6.92 Å². The number of hydrogen-bond donors (Lipinski definition) is 5. The predicted octanol–water partition coefficient (Wildman–Crippen LogP) is 5.25. The molecular weight excluding hydrogens is 879 g/mol. The number of piperidine rings is 1. The van der Waals surface area contributed by atoms with Crippen LogP contribution in [0.15, 0.2) is 59.8 Å². The number of Topliss-reactive ketones (excluding diaryl/α,β-unsaturated/α-hetero) is 2. The lowest BCUT2D eigenvalue weighted by atomic mass is 9.80. The number of ether oxygens (including phenoxy) is 5. The molecule has 0 spiro atoms. The van der Waals surface area contributed by atoms with Gasteiger partial charge in [0.15, 0.2) is 11.6 Å². The number of amides is 1. The molecule has 384 valence electrons. The van der Waals surface area contributed by atoms with Gasteiger partial charge in [-0.05, 0) is 113 Å². The second-order valence-electron chi connectivity index (χ2n) is 19.2. The third kappa shape index (κ3) is 17.0. The third-order valence-corrected chi connectivity index (χ3v) is 13.7. The highest BCUT2D eigenvalue weighted by Gasteiger charge is 2.54. The SMILES string of the molecule is CO[C@@H](C[C@@H]1CC[C@@H](O)[C@](O)(C(=O)C(=O)N2CCCC[C@H]2C(=O)O)O1)\C(C)=C/C=C\C=C\[C@H](C)C[C@@H](C)C(=O)[C@H](OC)[C@H](O)/C(C)=C/[C@@H](C)C(=O)/C=C/[C@H](C)C[C@@H]1CC[C@@H](OCCO)[C@H](OC)C1. The van der Waals surface area contributed by atoms with Gasteiger partial charge in [-0.15, -0.1) is 0 Å². The number of aliphatic carboxylic acids is 1. The minimum atomic E-state index is -2.83. The highest BCUT2D eigenvalue weighted by Crippen LogP contribution is 2.34. The number of carbonyl (C=O) groups is 5. The third-order valence-electron chi connectivity index (χ3n) is 13.7. The number of carboxylic acids is 1. The van der Waals surface area contributed by atoms with Crippen molar-refractivity contribution in [2.75, 3.05) is 41.1 Å². The first-order valence-corrected chi connectivity index (χ1v) is 24.3. The van der Waals surface area contributed by atoms with E-state index in [0.29, 0.717) is 37.4 Å². The Balaban J connectivity index is 1.50. The van der Waals surface area contributed by atoms with E-state index in [0.717, 1.165) is 36.2 Å². The standard InChI is InChI=1S/C52H81NO15/c1-32(15-11-10-12-16-34(3)43(64-7)31-39-20-23-45(56)52(63,68-39)49(59)50(60)53-24-14-13-17-40(53)51(61)62)27-36(5)46(57)48(66-9)47(58)37(6)29-35(4)41(55)21-18-33(2)28-38-19-22-42(67-26-25-54)44(30-38)65-8/h10-12,15-16,18,21,29,32-33,35-36,38-40,42-45,47-48,54,56,58,63H,13-14,17,19-20,22-28,30-31H2,1-9H3,(H,61,62)/b12-10-,15-11+,21-18+,34-16-,37-29+/t32-,33-,35+,36+,38-,39-,40-,42+,43-,44+,45+,47+,48-,52+/m0/s1. The number of aliphatic hydroxyl groups is 4. The minimum Gasteiger partial charge on any atom is -0.480 e. The van der Waals surface area contributed by atoms with E-state index in [-0.39, 0.29) is 74.4 Å². The number of hydrogen-bond acceptors (Lipinski definition) is 14. The number of carboxylic acid groups (broad SMARTS) is 1. The predicted molar refractivity (Wildman–Crippen MR) is 255 cm³/mol. The normalized spacial score (nSPS) is 28.6. The number of rotatable bonds is 27. The number of aliphatic hydroxyl groups excluding tert-OH is 3. The summed E-state index contributed by atoms with van der Waals surface area (Å²) in [6, 6.07) is -1.20. The Bertz CT molecular complexity index is 1810. The van der Waals surface area contributed by atoms with Crippen molar-refractivity contribution in [3.8, 4) is 0 Å². The lowest BCUT2D eigenvalue weighted by Gasteiger charge is -2.41. The van der Waals surface area contributed by atoms with Crippen molar-refractivity contribution in [2.45, 2.75) is 167 Å². The molecule has 2 saturated heterocycles. The van der Waals surface area contributed by atoms with Crippen LogP contribution in [-0.2, 0) is 47.7 Å². The summed E-state index contributed by atoms with van der Waals surface area (Å²) in [7, 11) is 4.58. The maximum absolute atomic E-state index is 13.6. The van der Waals surface area contributed by atoms with Crippen LogP contribution < -0.4 is 0 Å². The maximum atomic E-state index is 13.6. The molecule has 0 unspecified atom stereocenters. The van der Waals surface area contributed by atoms with Crippen LogP contribution in [0.2, 0.25) is 0 Å². The number of likely N-dealkylation sites (tertiary alicyclic amines) is 1. The fourth-order valence-corrected chi connectivity index (χ4v) is 9.66. The Morgan fingerprint density at radius 1 is 0.853 bits per heavy atom. The molecule has 3 aliphatic rings. The van der Waals surface area contributed by atoms with Crippen LogP contribution in [0, 0.1) is 29.6 Å². The average molecular weight is 960 g/mol. The molecular formula is C52H81NO15. The van der Waals surface area contributed by atoms with Crippen LogP contribution in [-0.4, -0.2) is 155 Å². The molecule has 0 bridgehead atoms. The van der Waals surface area contributed by atoms with Gasteiger partial charge in [-0.2, -0.15) is 0 Å². The lowest BCUT2D eigenvalue weighted by Crippen LogP contribution is -2.63. The molecule has 1 aliphatic carbocycles. The molecule has 3 fully saturated rings. The number of ketones is 3. The van der Waals surface area contributed by atoms with Gasteiger partial charge in [0.1, 0.15) is 24.4 Å². The topological polar surface area (TPSA) is 236 Å². The Morgan fingerprint density at radius 3 is 2.22 bits per heavy atom. The van der Waals surface area contributed by atoms with E-state index in [4.69, 9.17) is 28.8 Å². The van der Waals surface area contributed by atoms with Crippen molar-refractivity contribution in [3.05, 3.63) is 59.8 Å². The molecule has 16 nitrogen and oxygen atoms in total. The second kappa shape index (κ2) is 28.8. The largest absolute Gasteiger partial charge is 0.480 e. The zero-order chi connectivity index (χ0) is 50.7. The molecule has 14 atom stereocenters. The maximum Gasteiger partial charge on any atom is 0.326 e. The van der Waals surface area contributed by atoms with Gasteiger partial charge in [0.2, 0.25) is 0 Å². The summed E-state index contributed by atoms with van der Waals surface area (Å²) in [5, 5.41) is 51.8. The Kier molecular flexibility index (Phi) is 24.8. The van der Waals surface area contributed by atoms with Crippen LogP contribution in [0.4, 0.5) is 0 Å². The first kappa shape index (κ1) is 58.6. The average Bonchev–Trinajstić information content (AvgIpc) is 3.32. The minimum absolute atomic E-state index is 0.00657. The van der Waals surface area contributed by atoms with Crippen molar-refractivity contribution in [1.82, 2.24) is 4.90 Å². The van der Waals surface area contributed by atoms with E-state index >= 15 is 0 Å². The fourth-order valence-electron chi connectivity index (χ4n) is 9.66. The van der Waals surface area contributed by atoms with Crippen LogP contribution in [0.5, 0.6) is 0 Å². The lowest BCUT2D eigenvalue weighted by molar-refractivity contribution is -0.282. The van der Waals surface area contributed by atoms with Crippen molar-refractivity contribution < 1.29 is 73.2 Å². The number of nitrogens with zero attached hydrogens (tertiary/aromatic N) is 1. The molecule has 2 heterocycles. The van der Waals surface area contributed by atoms with Gasteiger partial charge < -0.3 is 54.1 Å². The summed E-state index contributed by atoms with van der Waals surface area (Å²) in [4.78, 5) is 65.8. The van der Waals surface area contributed by atoms with Gasteiger partial charge >= 0.3 is 5.97 Å². The van der Waals surface area contributed by atoms with Gasteiger partial charge in [0.25, 0.3) is 17.5 Å². The van der Waals surface area contributed by atoms with Gasteiger partial charge in [0, 0.05) is 46.1 Å². The van der Waals surface area contributed by atoms with Crippen molar-refractivity contribution in [2.24, 2.45) is 29.6 Å². The number of methoxy groups -OCH3 is 3. The summed E-state index contributed by atoms with van der Waals surface area (Å²) in [5.41, 5.74) is 1.27. The van der Waals surface area contributed by atoms with Crippen LogP contribution in [0.25, 0.3) is 0 Å². The fraction of sp³-hybridized carbons (Fsp3) is 0.712. The number of allylic oxidation sites excluding steroid dienone is 8. The van der Waals surface area contributed by atoms with Gasteiger partial charge in [0.05, 0.1) is 37.6 Å². The molecule has 0 aromatic rings. The highest BCUT2D eigenvalue weighted by molar-refractivity contribution is 6.39. The zero-order valence-corrected chi connectivity index (χ0v) is 41.8. The first-order valence-electron chi connectivity index (χ1n) is 24.3. The Morgan fingerprint density at radius 2 is 1.57 bits per heavy atom. The van der Waals surface area contributed by atoms with E-state index in [9.17, 15) is 44.4 Å². The quantitative estimate of drug-likeness (QED) is 0.0306. The van der Waals surface area contributed by atoms with E-state index in [1.54, 1.807) is 40.0 Å². The summed E-state index contributed by atoms with van der Waals surface area (Å²) in [5.74, 6) is -7.38. The monoisotopic (exact) mass is 960 g/mol. The summed E-state index contributed by atoms with van der Waals surface area (Å²) < 4.78 is 28.4. The highest BCUT2D eigenvalue weighted by atomic mass is 16.7.